The lowest BCUT2D eigenvalue weighted by atomic mass is 9.65. The third kappa shape index (κ3) is 4.52. The molecule has 0 atom stereocenters. The van der Waals surface area contributed by atoms with E-state index in [1.807, 2.05) is 58.2 Å². The highest BCUT2D eigenvalue weighted by molar-refractivity contribution is 8.14. The number of anilines is 1. The molecule has 1 fully saturated rings. The average molecular weight is 602 g/mol. The topological polar surface area (TPSA) is 33.4 Å². The fourth-order valence-corrected chi connectivity index (χ4v) is 7.18. The number of hydrogen-bond acceptors (Lipinski definition) is 4. The molecule has 3 aromatic carbocycles. The first-order valence-electron chi connectivity index (χ1n) is 12.5. The van der Waals surface area contributed by atoms with E-state index in [1.165, 1.54) is 12.0 Å². The molecule has 0 amide bonds. The minimum atomic E-state index is -0.0581. The largest absolute Gasteiger partial charge is 0.235 e. The van der Waals surface area contributed by atoms with Gasteiger partial charge in [0.05, 0.1) is 22.3 Å². The van der Waals surface area contributed by atoms with Gasteiger partial charge in [-0.3, -0.25) is 0 Å². The number of rotatable bonds is 6. The van der Waals surface area contributed by atoms with Gasteiger partial charge < -0.3 is 0 Å². The fourth-order valence-electron chi connectivity index (χ4n) is 5.26. The number of thioether (sulfide) groups is 1. The summed E-state index contributed by atoms with van der Waals surface area (Å²) in [4.78, 5) is 0. The first kappa shape index (κ1) is 26.1. The van der Waals surface area contributed by atoms with E-state index in [0.29, 0.717) is 20.9 Å². The van der Waals surface area contributed by atoms with Gasteiger partial charge in [0, 0.05) is 31.6 Å². The first-order valence-corrected chi connectivity index (χ1v) is 15.0. The Bertz CT molecular complexity index is 1530. The van der Waals surface area contributed by atoms with E-state index >= 15 is 0 Å². The Hall–Kier alpha value is -2.15. The van der Waals surface area contributed by atoms with Crippen LogP contribution < -0.4 is 5.01 Å². The lowest BCUT2D eigenvalue weighted by Crippen LogP contribution is -2.40. The zero-order chi connectivity index (χ0) is 26.4. The summed E-state index contributed by atoms with van der Waals surface area (Å²) >= 11 is 27.1. The maximum Gasteiger partial charge on any atom is 0.175 e. The summed E-state index contributed by atoms with van der Waals surface area (Å²) in [5, 5.41) is 16.0. The summed E-state index contributed by atoms with van der Waals surface area (Å²) in [5.74, 6) is 1.53. The SMILES string of the molecule is CCc1c(N2CSC(C3(c4ccc(Cl)cc4)CCC3)=N2)nn(-c2ccc(Cl)cc2Cl)c1-c1ccc(Cl)cc1. The van der Waals surface area contributed by atoms with Crippen molar-refractivity contribution in [1.29, 1.82) is 0 Å². The third-order valence-corrected chi connectivity index (χ3v) is 9.53. The van der Waals surface area contributed by atoms with Gasteiger partial charge in [0.2, 0.25) is 0 Å². The Morgan fingerprint density at radius 2 is 1.53 bits per heavy atom. The summed E-state index contributed by atoms with van der Waals surface area (Å²) in [6.45, 7) is 2.14. The fraction of sp³-hybridized carbons (Fsp3) is 0.241. The number of nitrogens with zero attached hydrogens (tertiary/aromatic N) is 4. The number of hydrazone groups is 1. The molecule has 1 aromatic heterocycles. The van der Waals surface area contributed by atoms with Crippen LogP contribution >= 0.6 is 58.2 Å². The van der Waals surface area contributed by atoms with E-state index < -0.39 is 0 Å². The molecule has 6 rings (SSSR count). The van der Waals surface area contributed by atoms with E-state index in [-0.39, 0.29) is 5.41 Å². The molecule has 38 heavy (non-hydrogen) atoms. The van der Waals surface area contributed by atoms with Crippen molar-refractivity contribution in [2.24, 2.45) is 5.10 Å². The smallest absolute Gasteiger partial charge is 0.175 e. The number of halogens is 4. The molecule has 4 nitrogen and oxygen atoms in total. The van der Waals surface area contributed by atoms with Crippen molar-refractivity contribution in [3.05, 3.63) is 97.9 Å². The summed E-state index contributed by atoms with van der Waals surface area (Å²) in [7, 11) is 0. The van der Waals surface area contributed by atoms with Crippen LogP contribution in [0.15, 0.2) is 71.8 Å². The van der Waals surface area contributed by atoms with Gasteiger partial charge in [0.15, 0.2) is 5.82 Å². The zero-order valence-electron chi connectivity index (χ0n) is 20.6. The van der Waals surface area contributed by atoms with E-state index in [9.17, 15) is 0 Å². The van der Waals surface area contributed by atoms with E-state index in [2.05, 4.69) is 19.1 Å². The van der Waals surface area contributed by atoms with E-state index in [1.54, 1.807) is 17.8 Å². The second kappa shape index (κ2) is 10.4. The van der Waals surface area contributed by atoms with Crippen LogP contribution in [0.5, 0.6) is 0 Å². The Morgan fingerprint density at radius 3 is 2.13 bits per heavy atom. The molecule has 2 aliphatic rings. The van der Waals surface area contributed by atoms with Gasteiger partial charge in [0.25, 0.3) is 0 Å². The molecule has 0 spiro atoms. The molecular formula is C29H24Cl4N4S. The van der Waals surface area contributed by atoms with Gasteiger partial charge >= 0.3 is 0 Å². The predicted octanol–water partition coefficient (Wildman–Crippen LogP) is 9.66. The molecule has 0 unspecified atom stereocenters. The summed E-state index contributed by atoms with van der Waals surface area (Å²) in [6.07, 6.45) is 4.12. The molecule has 2 heterocycles. The van der Waals surface area contributed by atoms with Crippen LogP contribution in [0.3, 0.4) is 0 Å². The van der Waals surface area contributed by atoms with Crippen LogP contribution in [0.1, 0.15) is 37.3 Å². The summed E-state index contributed by atoms with van der Waals surface area (Å²) in [5.41, 5.74) is 5.04. The maximum atomic E-state index is 6.68. The molecule has 9 heteroatoms. The standard InChI is InChI=1S/C29H24Cl4N4S/c1-2-23-26(18-4-8-20(30)9-5-18)37(25-13-12-22(32)16-24(25)33)34-27(23)36-17-38-28(35-36)29(14-3-15-29)19-6-10-21(31)11-7-19/h4-13,16H,2-3,14-15,17H2,1H3. The molecular weight excluding hydrogens is 578 g/mol. The summed E-state index contributed by atoms with van der Waals surface area (Å²) in [6, 6.07) is 21.5. The van der Waals surface area contributed by atoms with Gasteiger partial charge in [-0.05, 0) is 67.3 Å². The van der Waals surface area contributed by atoms with Gasteiger partial charge in [-0.2, -0.15) is 5.10 Å². The number of hydrogen-bond donors (Lipinski definition) is 0. The van der Waals surface area contributed by atoms with Crippen molar-refractivity contribution >= 4 is 69.0 Å². The Labute approximate surface area is 246 Å². The molecule has 4 aromatic rings. The first-order chi connectivity index (χ1) is 18.4. The van der Waals surface area contributed by atoms with Gasteiger partial charge in [-0.15, -0.1) is 5.10 Å². The molecule has 0 saturated heterocycles. The second-order valence-electron chi connectivity index (χ2n) is 9.54. The van der Waals surface area contributed by atoms with Gasteiger partial charge in [-0.1, -0.05) is 95.8 Å². The number of aromatic nitrogens is 2. The van der Waals surface area contributed by atoms with Crippen LogP contribution in [0.25, 0.3) is 16.9 Å². The van der Waals surface area contributed by atoms with E-state index in [0.717, 1.165) is 57.7 Å². The van der Waals surface area contributed by atoms with Crippen molar-refractivity contribution in [3.63, 3.8) is 0 Å². The van der Waals surface area contributed by atoms with Gasteiger partial charge in [-0.25, -0.2) is 9.69 Å². The highest BCUT2D eigenvalue weighted by atomic mass is 35.5. The lowest BCUT2D eigenvalue weighted by molar-refractivity contribution is 0.345. The molecule has 0 N–H and O–H groups in total. The molecule has 0 radical (unpaired) electrons. The van der Waals surface area contributed by atoms with Crippen molar-refractivity contribution in [1.82, 2.24) is 9.78 Å². The van der Waals surface area contributed by atoms with Crippen LogP contribution in [0.2, 0.25) is 20.1 Å². The molecule has 1 aliphatic carbocycles. The van der Waals surface area contributed by atoms with Crippen LogP contribution in [-0.2, 0) is 11.8 Å². The third-order valence-electron chi connectivity index (χ3n) is 7.36. The monoisotopic (exact) mass is 600 g/mol. The Kier molecular flexibility index (Phi) is 7.17. The predicted molar refractivity (Wildman–Crippen MR) is 163 cm³/mol. The minimum absolute atomic E-state index is 0.0581. The zero-order valence-corrected chi connectivity index (χ0v) is 24.4. The van der Waals surface area contributed by atoms with Crippen LogP contribution in [0, 0.1) is 0 Å². The average Bonchev–Trinajstić information content (AvgIpc) is 3.50. The Balaban J connectivity index is 1.47. The van der Waals surface area contributed by atoms with Crippen LogP contribution in [-0.4, -0.2) is 20.7 Å². The minimum Gasteiger partial charge on any atom is -0.235 e. The molecule has 194 valence electrons. The lowest BCUT2D eigenvalue weighted by Gasteiger charge is -2.41. The van der Waals surface area contributed by atoms with Crippen molar-refractivity contribution in [2.75, 3.05) is 10.9 Å². The molecule has 1 saturated carbocycles. The summed E-state index contributed by atoms with van der Waals surface area (Å²) < 4.78 is 1.91. The van der Waals surface area contributed by atoms with Crippen molar-refractivity contribution in [2.45, 2.75) is 38.0 Å². The quantitative estimate of drug-likeness (QED) is 0.220. The van der Waals surface area contributed by atoms with E-state index in [4.69, 9.17) is 56.6 Å². The van der Waals surface area contributed by atoms with Crippen LogP contribution in [0.4, 0.5) is 5.82 Å². The maximum absolute atomic E-state index is 6.68. The highest BCUT2D eigenvalue weighted by Gasteiger charge is 2.46. The van der Waals surface area contributed by atoms with Crippen molar-refractivity contribution < 1.29 is 0 Å². The van der Waals surface area contributed by atoms with Crippen molar-refractivity contribution in [3.8, 4) is 16.9 Å². The highest BCUT2D eigenvalue weighted by Crippen LogP contribution is 2.50. The number of benzene rings is 3. The molecule has 1 aliphatic heterocycles. The Morgan fingerprint density at radius 1 is 0.868 bits per heavy atom. The molecule has 0 bridgehead atoms. The normalized spacial score (nSPS) is 16.4. The van der Waals surface area contributed by atoms with Gasteiger partial charge in [0.1, 0.15) is 5.04 Å². The second-order valence-corrected chi connectivity index (χ2v) is 12.2.